The van der Waals surface area contributed by atoms with Crippen LogP contribution in [0.2, 0.25) is 0 Å². The molecule has 0 aromatic heterocycles. The van der Waals surface area contributed by atoms with Crippen LogP contribution in [-0.4, -0.2) is 24.7 Å². The molecule has 3 saturated carbocycles. The first-order valence-electron chi connectivity index (χ1n) is 5.80. The van der Waals surface area contributed by atoms with Gasteiger partial charge in [0, 0.05) is 11.8 Å². The molecule has 0 aromatic rings. The molecule has 4 heteroatoms. The lowest BCUT2D eigenvalue weighted by Gasteiger charge is -2.68. The fourth-order valence-corrected chi connectivity index (χ4v) is 3.36. The van der Waals surface area contributed by atoms with E-state index >= 15 is 0 Å². The minimum Gasteiger partial charge on any atom is -0.486 e. The molecule has 0 N–H and O–H groups in total. The Morgan fingerprint density at radius 2 is 2.00 bits per heavy atom. The minimum atomic E-state index is -0.162. The molecule has 3 aliphatic rings. The predicted octanol–water partition coefficient (Wildman–Crippen LogP) is 2.47. The summed E-state index contributed by atoms with van der Waals surface area (Å²) in [5, 5.41) is 0.708. The maximum Gasteiger partial charge on any atom is 0.311 e. The van der Waals surface area contributed by atoms with Gasteiger partial charge in [-0.15, -0.1) is 0 Å². The molecule has 0 saturated heterocycles. The number of thiocarbonyl (C=S) groups is 1. The number of carbonyl (C=O) groups is 1. The fraction of sp³-hybridized carbons (Fsp3) is 0.833. The van der Waals surface area contributed by atoms with Crippen LogP contribution in [0.3, 0.4) is 0 Å². The van der Waals surface area contributed by atoms with E-state index in [0.29, 0.717) is 11.7 Å². The summed E-state index contributed by atoms with van der Waals surface area (Å²) in [6, 6.07) is 0. The monoisotopic (exact) mass is 242 g/mol. The summed E-state index contributed by atoms with van der Waals surface area (Å²) in [5.41, 5.74) is 0.0659. The molecule has 16 heavy (non-hydrogen) atoms. The highest BCUT2D eigenvalue weighted by Crippen LogP contribution is 2.73. The topological polar surface area (TPSA) is 35.5 Å². The van der Waals surface area contributed by atoms with Crippen LogP contribution in [0.15, 0.2) is 0 Å². The Morgan fingerprint density at radius 3 is 2.50 bits per heavy atom. The molecule has 0 atom stereocenters. The van der Waals surface area contributed by atoms with Crippen molar-refractivity contribution in [3.8, 4) is 0 Å². The SMILES string of the molecule is CCCC(=S)OCC12CC(C(=O)OC)(C1)C2. The Kier molecular flexibility index (Phi) is 2.95. The fourth-order valence-electron chi connectivity index (χ4n) is 3.09. The molecular weight excluding hydrogens is 224 g/mol. The molecule has 0 amide bonds. The van der Waals surface area contributed by atoms with Gasteiger partial charge in [-0.05, 0) is 37.9 Å². The van der Waals surface area contributed by atoms with Crippen molar-refractivity contribution in [3.63, 3.8) is 0 Å². The van der Waals surface area contributed by atoms with Crippen molar-refractivity contribution < 1.29 is 14.3 Å². The van der Waals surface area contributed by atoms with Gasteiger partial charge in [-0.3, -0.25) is 4.79 Å². The zero-order chi connectivity index (χ0) is 11.8. The van der Waals surface area contributed by atoms with E-state index in [2.05, 4.69) is 6.92 Å². The first kappa shape index (κ1) is 11.8. The zero-order valence-electron chi connectivity index (χ0n) is 9.88. The first-order valence-corrected chi connectivity index (χ1v) is 6.21. The number of hydrogen-bond donors (Lipinski definition) is 0. The third-order valence-corrected chi connectivity index (χ3v) is 4.07. The van der Waals surface area contributed by atoms with Gasteiger partial charge in [-0.1, -0.05) is 6.92 Å². The molecule has 3 fully saturated rings. The van der Waals surface area contributed by atoms with Crippen LogP contribution >= 0.6 is 12.2 Å². The van der Waals surface area contributed by atoms with Crippen molar-refractivity contribution in [2.24, 2.45) is 10.8 Å². The van der Waals surface area contributed by atoms with E-state index in [9.17, 15) is 4.79 Å². The van der Waals surface area contributed by atoms with Crippen LogP contribution in [-0.2, 0) is 14.3 Å². The summed E-state index contributed by atoms with van der Waals surface area (Å²) < 4.78 is 10.4. The van der Waals surface area contributed by atoms with Crippen molar-refractivity contribution >= 4 is 23.2 Å². The highest BCUT2D eigenvalue weighted by molar-refractivity contribution is 7.80. The second-order valence-corrected chi connectivity index (χ2v) is 5.67. The minimum absolute atomic E-state index is 0.0505. The van der Waals surface area contributed by atoms with Gasteiger partial charge in [0.05, 0.1) is 19.1 Å². The Balaban J connectivity index is 1.73. The molecule has 2 bridgehead atoms. The van der Waals surface area contributed by atoms with E-state index in [1.807, 2.05) is 0 Å². The van der Waals surface area contributed by atoms with Gasteiger partial charge >= 0.3 is 5.97 Å². The molecule has 0 radical (unpaired) electrons. The van der Waals surface area contributed by atoms with E-state index < -0.39 is 0 Å². The second-order valence-electron chi connectivity index (χ2n) is 5.21. The predicted molar refractivity (Wildman–Crippen MR) is 64.2 cm³/mol. The van der Waals surface area contributed by atoms with Crippen LogP contribution in [0.25, 0.3) is 0 Å². The van der Waals surface area contributed by atoms with Gasteiger partial charge in [-0.2, -0.15) is 0 Å². The van der Waals surface area contributed by atoms with E-state index in [0.717, 1.165) is 32.1 Å². The molecule has 90 valence electrons. The Hall–Kier alpha value is -0.640. The van der Waals surface area contributed by atoms with E-state index in [4.69, 9.17) is 21.7 Å². The van der Waals surface area contributed by atoms with Gasteiger partial charge < -0.3 is 9.47 Å². The standard InChI is InChI=1S/C12H18O3S/c1-3-4-9(16)15-8-11-5-12(6-11,7-11)10(13)14-2/h3-8H2,1-2H3. The second kappa shape index (κ2) is 3.99. The normalized spacial score (nSPS) is 34.6. The van der Waals surface area contributed by atoms with Crippen molar-refractivity contribution in [1.29, 1.82) is 0 Å². The summed E-state index contributed by atoms with van der Waals surface area (Å²) in [7, 11) is 1.46. The van der Waals surface area contributed by atoms with Crippen molar-refractivity contribution in [1.82, 2.24) is 0 Å². The third kappa shape index (κ3) is 1.73. The van der Waals surface area contributed by atoms with Crippen LogP contribution in [0, 0.1) is 10.8 Å². The van der Waals surface area contributed by atoms with Gasteiger partial charge in [0.1, 0.15) is 0 Å². The lowest BCUT2D eigenvalue weighted by molar-refractivity contribution is -0.234. The summed E-state index contributed by atoms with van der Waals surface area (Å²) in [6.45, 7) is 2.77. The van der Waals surface area contributed by atoms with Gasteiger partial charge in [0.2, 0.25) is 0 Å². The number of methoxy groups -OCH3 is 1. The molecule has 3 nitrogen and oxygen atoms in total. The van der Waals surface area contributed by atoms with E-state index in [-0.39, 0.29) is 16.8 Å². The van der Waals surface area contributed by atoms with Gasteiger partial charge in [0.15, 0.2) is 5.05 Å². The quantitative estimate of drug-likeness (QED) is 0.548. The highest BCUT2D eigenvalue weighted by Gasteiger charge is 2.72. The summed E-state index contributed by atoms with van der Waals surface area (Å²) in [5.74, 6) is -0.0505. The summed E-state index contributed by atoms with van der Waals surface area (Å²) >= 11 is 5.10. The third-order valence-electron chi connectivity index (χ3n) is 3.75. The lowest BCUT2D eigenvalue weighted by Crippen LogP contribution is -2.67. The van der Waals surface area contributed by atoms with Crippen LogP contribution in [0.5, 0.6) is 0 Å². The van der Waals surface area contributed by atoms with Crippen LogP contribution in [0.1, 0.15) is 39.0 Å². The maximum absolute atomic E-state index is 11.4. The van der Waals surface area contributed by atoms with E-state index in [1.165, 1.54) is 7.11 Å². The lowest BCUT2D eigenvalue weighted by atomic mass is 9.35. The number of hydrogen-bond acceptors (Lipinski definition) is 4. The first-order chi connectivity index (χ1) is 7.56. The zero-order valence-corrected chi connectivity index (χ0v) is 10.7. The average molecular weight is 242 g/mol. The molecule has 0 unspecified atom stereocenters. The Bertz CT molecular complexity index is 304. The molecule has 3 aliphatic carbocycles. The Labute approximate surface area is 101 Å². The van der Waals surface area contributed by atoms with Gasteiger partial charge in [0.25, 0.3) is 0 Å². The summed E-state index contributed by atoms with van der Waals surface area (Å²) in [6.07, 6.45) is 4.63. The van der Waals surface area contributed by atoms with Crippen molar-refractivity contribution in [2.45, 2.75) is 39.0 Å². The number of rotatable bonds is 5. The summed E-state index contributed by atoms with van der Waals surface area (Å²) in [4.78, 5) is 11.4. The molecule has 0 heterocycles. The number of ether oxygens (including phenoxy) is 2. The maximum atomic E-state index is 11.4. The van der Waals surface area contributed by atoms with Crippen LogP contribution < -0.4 is 0 Å². The average Bonchev–Trinajstić information content (AvgIpc) is 2.13. The number of carbonyl (C=O) groups excluding carboxylic acids is 1. The highest BCUT2D eigenvalue weighted by atomic mass is 32.1. The van der Waals surface area contributed by atoms with Crippen molar-refractivity contribution in [2.75, 3.05) is 13.7 Å². The van der Waals surface area contributed by atoms with E-state index in [1.54, 1.807) is 0 Å². The smallest absolute Gasteiger partial charge is 0.311 e. The number of esters is 1. The molecular formula is C12H18O3S. The van der Waals surface area contributed by atoms with Gasteiger partial charge in [-0.25, -0.2) is 0 Å². The molecule has 0 aliphatic heterocycles. The largest absolute Gasteiger partial charge is 0.486 e. The van der Waals surface area contributed by atoms with Crippen molar-refractivity contribution in [3.05, 3.63) is 0 Å². The Morgan fingerprint density at radius 1 is 1.38 bits per heavy atom. The molecule has 3 rings (SSSR count). The van der Waals surface area contributed by atoms with Crippen LogP contribution in [0.4, 0.5) is 0 Å². The molecule has 0 aromatic carbocycles. The molecule has 0 spiro atoms.